The first kappa shape index (κ1) is 21.4. The lowest BCUT2D eigenvalue weighted by Crippen LogP contribution is -2.32. The standard InChI is InChI=1S/C27H26N2O3/c1-5-32-22-11-7-9-20(16-22)28-25-24(23-13-12-18(3)14-19(23)4)26(30)29(27(25)31)21-10-6-8-17(2)15-21/h6-16,28H,5H2,1-4H3. The third-order valence-electron chi connectivity index (χ3n) is 5.41. The highest BCUT2D eigenvalue weighted by Crippen LogP contribution is 2.35. The fourth-order valence-corrected chi connectivity index (χ4v) is 3.97. The Hall–Kier alpha value is -3.86. The van der Waals surface area contributed by atoms with E-state index in [1.54, 1.807) is 6.07 Å². The van der Waals surface area contributed by atoms with Crippen LogP contribution in [0.4, 0.5) is 11.4 Å². The van der Waals surface area contributed by atoms with Gasteiger partial charge in [-0.3, -0.25) is 9.59 Å². The van der Waals surface area contributed by atoms with Crippen LogP contribution in [-0.2, 0) is 9.59 Å². The molecule has 5 nitrogen and oxygen atoms in total. The van der Waals surface area contributed by atoms with Crippen molar-refractivity contribution in [3.05, 3.63) is 94.7 Å². The minimum Gasteiger partial charge on any atom is -0.494 e. The summed E-state index contributed by atoms with van der Waals surface area (Å²) in [6.45, 7) is 8.35. The van der Waals surface area contributed by atoms with Crippen molar-refractivity contribution in [3.63, 3.8) is 0 Å². The fourth-order valence-electron chi connectivity index (χ4n) is 3.97. The Morgan fingerprint density at radius 2 is 1.59 bits per heavy atom. The average Bonchev–Trinajstić information content (AvgIpc) is 2.98. The van der Waals surface area contributed by atoms with Gasteiger partial charge in [-0.05, 0) is 68.7 Å². The highest BCUT2D eigenvalue weighted by Gasteiger charge is 2.40. The number of aryl methyl sites for hydroxylation is 3. The molecule has 1 heterocycles. The van der Waals surface area contributed by atoms with Crippen LogP contribution in [0.5, 0.6) is 5.75 Å². The van der Waals surface area contributed by atoms with Gasteiger partial charge in [-0.15, -0.1) is 0 Å². The Bertz CT molecular complexity index is 1240. The second kappa shape index (κ2) is 8.71. The molecule has 0 spiro atoms. The number of anilines is 2. The van der Waals surface area contributed by atoms with E-state index in [1.807, 2.05) is 88.4 Å². The minimum absolute atomic E-state index is 0.261. The summed E-state index contributed by atoms with van der Waals surface area (Å²) in [5.74, 6) is -0.0214. The van der Waals surface area contributed by atoms with Gasteiger partial charge in [0.05, 0.1) is 17.9 Å². The molecule has 0 fully saturated rings. The molecule has 0 unspecified atom stereocenters. The first-order valence-electron chi connectivity index (χ1n) is 10.7. The molecule has 1 aliphatic rings. The van der Waals surface area contributed by atoms with E-state index in [2.05, 4.69) is 5.32 Å². The van der Waals surface area contributed by atoms with Crippen LogP contribution in [0.1, 0.15) is 29.2 Å². The van der Waals surface area contributed by atoms with Crippen molar-refractivity contribution in [3.8, 4) is 5.75 Å². The Kier molecular flexibility index (Phi) is 5.82. The van der Waals surface area contributed by atoms with Crippen LogP contribution >= 0.6 is 0 Å². The molecule has 0 aliphatic carbocycles. The van der Waals surface area contributed by atoms with E-state index >= 15 is 0 Å². The van der Waals surface area contributed by atoms with E-state index in [4.69, 9.17) is 4.74 Å². The van der Waals surface area contributed by atoms with Gasteiger partial charge in [-0.2, -0.15) is 0 Å². The maximum atomic E-state index is 13.6. The van der Waals surface area contributed by atoms with E-state index in [-0.39, 0.29) is 17.5 Å². The quantitative estimate of drug-likeness (QED) is 0.536. The van der Waals surface area contributed by atoms with Gasteiger partial charge in [-0.1, -0.05) is 42.0 Å². The maximum absolute atomic E-state index is 13.6. The number of amides is 2. The van der Waals surface area contributed by atoms with E-state index in [0.29, 0.717) is 29.3 Å². The third-order valence-corrected chi connectivity index (χ3v) is 5.41. The summed E-state index contributed by atoms with van der Waals surface area (Å²) in [7, 11) is 0. The number of carbonyl (C=O) groups is 2. The summed E-state index contributed by atoms with van der Waals surface area (Å²) in [5.41, 5.74) is 5.62. The largest absolute Gasteiger partial charge is 0.494 e. The Morgan fingerprint density at radius 1 is 0.844 bits per heavy atom. The van der Waals surface area contributed by atoms with Crippen LogP contribution in [0.15, 0.2) is 72.4 Å². The number of hydrogen-bond acceptors (Lipinski definition) is 4. The van der Waals surface area contributed by atoms with Crippen LogP contribution in [0.3, 0.4) is 0 Å². The minimum atomic E-state index is -0.377. The van der Waals surface area contributed by atoms with Gasteiger partial charge in [0.15, 0.2) is 0 Å². The van der Waals surface area contributed by atoms with Crippen molar-refractivity contribution in [2.75, 3.05) is 16.8 Å². The highest BCUT2D eigenvalue weighted by molar-refractivity contribution is 6.46. The van der Waals surface area contributed by atoms with Crippen LogP contribution in [-0.4, -0.2) is 18.4 Å². The molecule has 1 N–H and O–H groups in total. The summed E-state index contributed by atoms with van der Waals surface area (Å²) in [6.07, 6.45) is 0. The van der Waals surface area contributed by atoms with Gasteiger partial charge >= 0.3 is 0 Å². The summed E-state index contributed by atoms with van der Waals surface area (Å²) in [4.78, 5) is 28.4. The lowest BCUT2D eigenvalue weighted by atomic mass is 9.97. The van der Waals surface area contributed by atoms with Gasteiger partial charge in [0.1, 0.15) is 11.4 Å². The summed E-state index contributed by atoms with van der Waals surface area (Å²) in [5, 5.41) is 3.21. The van der Waals surface area contributed by atoms with Gasteiger partial charge in [0, 0.05) is 11.8 Å². The van der Waals surface area contributed by atoms with Crippen molar-refractivity contribution in [1.82, 2.24) is 0 Å². The van der Waals surface area contributed by atoms with E-state index in [1.165, 1.54) is 4.90 Å². The smallest absolute Gasteiger partial charge is 0.282 e. The second-order valence-corrected chi connectivity index (χ2v) is 7.94. The Morgan fingerprint density at radius 3 is 2.31 bits per heavy atom. The summed E-state index contributed by atoms with van der Waals surface area (Å²) in [6, 6.07) is 20.7. The normalized spacial score (nSPS) is 13.7. The van der Waals surface area contributed by atoms with Crippen molar-refractivity contribution in [1.29, 1.82) is 0 Å². The number of rotatable bonds is 6. The number of imide groups is 1. The number of benzene rings is 3. The molecule has 0 saturated carbocycles. The average molecular weight is 427 g/mol. The Labute approximate surface area is 188 Å². The zero-order chi connectivity index (χ0) is 22.8. The molecule has 32 heavy (non-hydrogen) atoms. The van der Waals surface area contributed by atoms with Crippen LogP contribution < -0.4 is 15.0 Å². The number of carbonyl (C=O) groups excluding carboxylic acids is 2. The van der Waals surface area contributed by atoms with Crippen LogP contribution in [0.25, 0.3) is 5.57 Å². The summed E-state index contributed by atoms with van der Waals surface area (Å²) < 4.78 is 5.59. The zero-order valence-electron chi connectivity index (χ0n) is 18.7. The highest BCUT2D eigenvalue weighted by atomic mass is 16.5. The number of nitrogens with one attached hydrogen (secondary N) is 1. The SMILES string of the molecule is CCOc1cccc(NC2=C(c3ccc(C)cc3C)C(=O)N(c3cccc(C)c3)C2=O)c1. The first-order valence-corrected chi connectivity index (χ1v) is 10.7. The number of nitrogens with zero attached hydrogens (tertiary/aromatic N) is 1. The molecule has 1 aliphatic heterocycles. The van der Waals surface area contributed by atoms with Crippen molar-refractivity contribution >= 4 is 28.8 Å². The predicted molar refractivity (Wildman–Crippen MR) is 128 cm³/mol. The molecule has 2 amide bonds. The van der Waals surface area contributed by atoms with Crippen LogP contribution in [0, 0.1) is 20.8 Å². The molecular weight excluding hydrogens is 400 g/mol. The molecule has 0 aromatic heterocycles. The molecule has 3 aromatic carbocycles. The predicted octanol–water partition coefficient (Wildman–Crippen LogP) is 5.41. The van der Waals surface area contributed by atoms with Gasteiger partial charge in [-0.25, -0.2) is 4.90 Å². The van der Waals surface area contributed by atoms with E-state index in [9.17, 15) is 9.59 Å². The van der Waals surface area contributed by atoms with Gasteiger partial charge in [0.2, 0.25) is 0 Å². The fraction of sp³-hybridized carbons (Fsp3) is 0.185. The lowest BCUT2D eigenvalue weighted by molar-refractivity contribution is -0.120. The molecular formula is C27H26N2O3. The molecule has 0 radical (unpaired) electrons. The molecule has 5 heteroatoms. The first-order chi connectivity index (χ1) is 15.4. The number of hydrogen-bond donors (Lipinski definition) is 1. The third kappa shape index (κ3) is 4.02. The molecule has 162 valence electrons. The Balaban J connectivity index is 1.84. The lowest BCUT2D eigenvalue weighted by Gasteiger charge is -2.16. The molecule has 0 bridgehead atoms. The van der Waals surface area contributed by atoms with Crippen molar-refractivity contribution in [2.24, 2.45) is 0 Å². The second-order valence-electron chi connectivity index (χ2n) is 7.94. The molecule has 0 saturated heterocycles. The topological polar surface area (TPSA) is 58.6 Å². The van der Waals surface area contributed by atoms with E-state index < -0.39 is 0 Å². The van der Waals surface area contributed by atoms with Crippen molar-refractivity contribution < 1.29 is 14.3 Å². The molecule has 4 rings (SSSR count). The zero-order valence-corrected chi connectivity index (χ0v) is 18.7. The van der Waals surface area contributed by atoms with Crippen LogP contribution in [0.2, 0.25) is 0 Å². The maximum Gasteiger partial charge on any atom is 0.282 e. The monoisotopic (exact) mass is 426 g/mol. The van der Waals surface area contributed by atoms with Gasteiger partial charge < -0.3 is 10.1 Å². The van der Waals surface area contributed by atoms with E-state index in [0.717, 1.165) is 22.3 Å². The van der Waals surface area contributed by atoms with Crippen molar-refractivity contribution in [2.45, 2.75) is 27.7 Å². The molecule has 3 aromatic rings. The summed E-state index contributed by atoms with van der Waals surface area (Å²) >= 11 is 0. The molecule has 0 atom stereocenters. The number of ether oxygens (including phenoxy) is 1. The van der Waals surface area contributed by atoms with Gasteiger partial charge in [0.25, 0.3) is 11.8 Å².